The number of esters is 2. The van der Waals surface area contributed by atoms with E-state index >= 15 is 0 Å². The first-order valence-electron chi connectivity index (χ1n) is 16.8. The largest absolute Gasteiger partial charge is 0.460 e. The number of amides is 1. The number of alkyl halides is 1. The number of fused-ring (bicyclic) bond motifs is 6. The van der Waals surface area contributed by atoms with Crippen molar-refractivity contribution < 1.29 is 33.0 Å². The van der Waals surface area contributed by atoms with Gasteiger partial charge in [0.25, 0.3) is 0 Å². The highest BCUT2D eigenvalue weighted by Gasteiger charge is 2.54. The van der Waals surface area contributed by atoms with E-state index in [1.165, 1.54) is 4.90 Å². The van der Waals surface area contributed by atoms with Crippen molar-refractivity contribution in [3.8, 4) is 6.07 Å². The molecule has 1 amide bonds. The fourth-order valence-electron chi connectivity index (χ4n) is 8.66. The van der Waals surface area contributed by atoms with Gasteiger partial charge in [-0.3, -0.25) is 14.4 Å². The van der Waals surface area contributed by atoms with Crippen molar-refractivity contribution in [3.63, 3.8) is 0 Å². The highest BCUT2D eigenvalue weighted by Crippen LogP contribution is 2.54. The lowest BCUT2D eigenvalue weighted by Crippen LogP contribution is -2.58. The molecule has 1 aliphatic heterocycles. The average Bonchev–Trinajstić information content (AvgIpc) is 3.50. The molecule has 248 valence electrons. The normalized spacial score (nSPS) is 34.6. The van der Waals surface area contributed by atoms with Crippen molar-refractivity contribution in [1.29, 1.82) is 5.26 Å². The molecule has 2 N–H and O–H groups in total. The van der Waals surface area contributed by atoms with E-state index in [0.29, 0.717) is 25.8 Å². The van der Waals surface area contributed by atoms with E-state index in [4.69, 9.17) is 9.47 Å². The summed E-state index contributed by atoms with van der Waals surface area (Å²) in [5.74, 6) is -0.558. The third-order valence-electron chi connectivity index (χ3n) is 12.0. The molecule has 10 nitrogen and oxygen atoms in total. The van der Waals surface area contributed by atoms with Crippen LogP contribution in [0.15, 0.2) is 24.3 Å². The van der Waals surface area contributed by atoms with Gasteiger partial charge in [-0.1, -0.05) is 24.3 Å². The summed E-state index contributed by atoms with van der Waals surface area (Å²) in [5, 5.41) is 16.0. The van der Waals surface area contributed by atoms with Gasteiger partial charge in [-0.25, -0.2) is 4.39 Å². The van der Waals surface area contributed by atoms with Crippen LogP contribution in [0.25, 0.3) is 0 Å². The van der Waals surface area contributed by atoms with Crippen LogP contribution in [0.3, 0.4) is 0 Å². The summed E-state index contributed by atoms with van der Waals surface area (Å²) < 4.78 is 25.3. The Kier molecular flexibility index (Phi) is 9.23. The molecule has 2 atom stereocenters. The molecule has 2 unspecified atom stereocenters. The Morgan fingerprint density at radius 3 is 1.72 bits per heavy atom. The number of hydrogen-bond donors (Lipinski definition) is 2. The topological polar surface area (TPSA) is 138 Å². The molecule has 1 heterocycles. The number of carbonyl (C=O) groups excluding carboxylic acids is 4. The van der Waals surface area contributed by atoms with Crippen LogP contribution in [-0.2, 0) is 41.9 Å². The maximum Gasteiger partial charge on any atom is 0.312 e. The number of halogens is 1. The molecule has 1 aromatic rings. The van der Waals surface area contributed by atoms with Crippen LogP contribution in [0.1, 0.15) is 94.6 Å². The zero-order valence-electron chi connectivity index (χ0n) is 26.5. The molecule has 46 heavy (non-hydrogen) atoms. The zero-order valence-corrected chi connectivity index (χ0v) is 26.5. The van der Waals surface area contributed by atoms with Gasteiger partial charge in [0.15, 0.2) is 0 Å². The minimum absolute atomic E-state index is 0.0139. The van der Waals surface area contributed by atoms with Gasteiger partial charge in [-0.15, -0.1) is 0 Å². The SMILES string of the molecule is N#CC1CC(F)CN1C(=O)CNC12CCC(C(=O)OCc3ccc(COC(=O)C45CCC(NCC=O)(CC4)CC5)cc3)(CC1)CC2. The van der Waals surface area contributed by atoms with Gasteiger partial charge in [-0.05, 0) is 88.2 Å². The molecule has 7 fully saturated rings. The van der Waals surface area contributed by atoms with Gasteiger partial charge >= 0.3 is 11.9 Å². The third-order valence-corrected chi connectivity index (χ3v) is 12.0. The average molecular weight is 637 g/mol. The Morgan fingerprint density at radius 2 is 1.28 bits per heavy atom. The molecule has 1 saturated heterocycles. The number of hydrogen-bond acceptors (Lipinski definition) is 9. The molecule has 0 spiro atoms. The second-order valence-electron chi connectivity index (χ2n) is 14.5. The lowest BCUT2D eigenvalue weighted by molar-refractivity contribution is -0.166. The summed E-state index contributed by atoms with van der Waals surface area (Å²) in [4.78, 5) is 51.2. The number of rotatable bonds is 12. The van der Waals surface area contributed by atoms with Crippen molar-refractivity contribution in [2.75, 3.05) is 19.6 Å². The van der Waals surface area contributed by atoms with Crippen molar-refractivity contribution in [2.45, 2.75) is 120 Å². The van der Waals surface area contributed by atoms with E-state index in [-0.39, 0.29) is 61.6 Å². The number of carbonyl (C=O) groups is 4. The first-order valence-corrected chi connectivity index (χ1v) is 16.8. The minimum Gasteiger partial charge on any atom is -0.460 e. The maximum atomic E-state index is 13.8. The molecule has 0 aromatic heterocycles. The van der Waals surface area contributed by atoms with E-state index < -0.39 is 23.0 Å². The molecular weight excluding hydrogens is 591 g/mol. The molecule has 6 aliphatic carbocycles. The molecule has 0 radical (unpaired) electrons. The van der Waals surface area contributed by atoms with Crippen LogP contribution in [0.2, 0.25) is 0 Å². The lowest BCUT2D eigenvalue weighted by Gasteiger charge is -2.52. The molecule has 6 saturated carbocycles. The quantitative estimate of drug-likeness (QED) is 0.259. The predicted octanol–water partition coefficient (Wildman–Crippen LogP) is 3.80. The summed E-state index contributed by atoms with van der Waals surface area (Å²) >= 11 is 0. The van der Waals surface area contributed by atoms with E-state index in [1.54, 1.807) is 0 Å². The fourth-order valence-corrected chi connectivity index (χ4v) is 8.66. The zero-order chi connectivity index (χ0) is 32.4. The summed E-state index contributed by atoms with van der Waals surface area (Å²) in [6.45, 7) is 0.773. The second kappa shape index (κ2) is 13.0. The number of benzene rings is 1. The van der Waals surface area contributed by atoms with Crippen LogP contribution in [0.5, 0.6) is 0 Å². The predicted molar refractivity (Wildman–Crippen MR) is 164 cm³/mol. The number of aldehydes is 1. The second-order valence-corrected chi connectivity index (χ2v) is 14.5. The van der Waals surface area contributed by atoms with Crippen LogP contribution in [-0.4, -0.2) is 72.0 Å². The Balaban J connectivity index is 0.924. The van der Waals surface area contributed by atoms with Gasteiger partial charge in [0, 0.05) is 17.5 Å². The number of nitriles is 1. The maximum absolute atomic E-state index is 13.8. The van der Waals surface area contributed by atoms with Gasteiger partial charge < -0.3 is 29.8 Å². The van der Waals surface area contributed by atoms with E-state index in [9.17, 15) is 28.8 Å². The molecule has 4 bridgehead atoms. The lowest BCUT2D eigenvalue weighted by atomic mass is 9.57. The van der Waals surface area contributed by atoms with Crippen LogP contribution in [0, 0.1) is 22.2 Å². The highest BCUT2D eigenvalue weighted by atomic mass is 19.1. The molecule has 1 aromatic carbocycles. The van der Waals surface area contributed by atoms with Crippen molar-refractivity contribution in [3.05, 3.63) is 35.4 Å². The smallest absolute Gasteiger partial charge is 0.312 e. The standard InChI is InChI=1S/C35H45FN4O6/c36-27-19-28(20-37)40(22-27)29(42)21-39-35-14-8-33(9-15-35,10-16-35)31(44)46-24-26-3-1-25(2-4-26)23-45-30(43)32-5-11-34(12-6-32,13-7-32)38-17-18-41/h1-4,18,27-28,38-39H,5-17,19,21-24H2. The Morgan fingerprint density at radius 1 is 0.826 bits per heavy atom. The van der Waals surface area contributed by atoms with Gasteiger partial charge in [0.2, 0.25) is 5.91 Å². The van der Waals surface area contributed by atoms with Gasteiger partial charge in [0.1, 0.15) is 31.7 Å². The summed E-state index contributed by atoms with van der Waals surface area (Å²) in [5.41, 5.74) is 0.586. The van der Waals surface area contributed by atoms with Gasteiger partial charge in [-0.2, -0.15) is 5.26 Å². The first kappa shape index (κ1) is 32.6. The summed E-state index contributed by atoms with van der Waals surface area (Å²) in [6.07, 6.45) is 9.15. The number of likely N-dealkylation sites (tertiary alicyclic amines) is 1. The van der Waals surface area contributed by atoms with Crippen molar-refractivity contribution in [2.24, 2.45) is 10.8 Å². The fraction of sp³-hybridized carbons (Fsp3) is 0.686. The van der Waals surface area contributed by atoms with E-state index in [2.05, 4.69) is 10.6 Å². The summed E-state index contributed by atoms with van der Waals surface area (Å²) in [7, 11) is 0. The Labute approximate surface area is 269 Å². The van der Waals surface area contributed by atoms with Crippen LogP contribution >= 0.6 is 0 Å². The van der Waals surface area contributed by atoms with Gasteiger partial charge in [0.05, 0.1) is 36.5 Å². The monoisotopic (exact) mass is 636 g/mol. The molecular formula is C35H45FN4O6. The van der Waals surface area contributed by atoms with E-state index in [1.807, 2.05) is 30.3 Å². The first-order chi connectivity index (χ1) is 22.1. The number of nitrogens with one attached hydrogen (secondary N) is 2. The highest BCUT2D eigenvalue weighted by molar-refractivity contribution is 5.80. The molecule has 8 rings (SSSR count). The Hall–Kier alpha value is -3.36. The van der Waals surface area contributed by atoms with Crippen LogP contribution in [0.4, 0.5) is 4.39 Å². The number of ether oxygens (including phenoxy) is 2. The Bertz CT molecular complexity index is 1330. The minimum atomic E-state index is -1.15. The molecule has 11 heteroatoms. The molecule has 7 aliphatic rings. The van der Waals surface area contributed by atoms with Crippen LogP contribution < -0.4 is 10.6 Å². The number of nitrogens with zero attached hydrogens (tertiary/aromatic N) is 2. The third kappa shape index (κ3) is 6.43. The van der Waals surface area contributed by atoms with Crippen molar-refractivity contribution in [1.82, 2.24) is 15.5 Å². The summed E-state index contributed by atoms with van der Waals surface area (Å²) in [6, 6.07) is 8.93. The van der Waals surface area contributed by atoms with Crippen molar-refractivity contribution >= 4 is 24.1 Å². The van der Waals surface area contributed by atoms with E-state index in [0.717, 1.165) is 75.2 Å².